The minimum atomic E-state index is -2.86. The molecule has 5 nitrogen and oxygen atoms in total. The molecule has 0 aliphatic heterocycles. The number of halogens is 2. The maximum atomic E-state index is 13.2. The van der Waals surface area contributed by atoms with Crippen molar-refractivity contribution in [3.63, 3.8) is 0 Å². The molecule has 3 atom stereocenters. The van der Waals surface area contributed by atoms with Crippen molar-refractivity contribution < 1.29 is 23.4 Å². The zero-order chi connectivity index (χ0) is 17.8. The Morgan fingerprint density at radius 3 is 2.96 bits per heavy atom. The number of hydrogen-bond acceptors (Lipinski definition) is 4. The number of aryl methyl sites for hydroxylation is 1. The van der Waals surface area contributed by atoms with E-state index in [2.05, 4.69) is 5.10 Å². The van der Waals surface area contributed by atoms with Gasteiger partial charge in [-0.1, -0.05) is 24.3 Å². The average Bonchev–Trinajstić information content (AvgIpc) is 3.23. The lowest BCUT2D eigenvalue weighted by atomic mass is 9.87. The number of ether oxygens (including phenoxy) is 1. The van der Waals surface area contributed by atoms with Crippen LogP contribution in [0.2, 0.25) is 0 Å². The minimum absolute atomic E-state index is 0.123. The van der Waals surface area contributed by atoms with Crippen LogP contribution in [0.25, 0.3) is 0 Å². The zero-order valence-electron chi connectivity index (χ0n) is 13.7. The van der Waals surface area contributed by atoms with Crippen LogP contribution < -0.4 is 0 Å². The summed E-state index contributed by atoms with van der Waals surface area (Å²) in [6.07, 6.45) is -0.232. The summed E-state index contributed by atoms with van der Waals surface area (Å²) >= 11 is 0. The standard InChI is InChI=1S/C18H18F2N2O3/c1-22-8-12(15(21-22)16(19)20)17(24)25-18-7-6-11(14(18)9-23)10-4-2-3-5-13(10)18/h2-5,8,11,14,16,23H,6-7,9H2,1H3. The first-order valence-electron chi connectivity index (χ1n) is 8.23. The van der Waals surface area contributed by atoms with Crippen molar-refractivity contribution >= 4 is 5.97 Å². The molecule has 2 bridgehead atoms. The van der Waals surface area contributed by atoms with Gasteiger partial charge in [-0.15, -0.1) is 0 Å². The van der Waals surface area contributed by atoms with Crippen molar-refractivity contribution in [3.8, 4) is 0 Å². The van der Waals surface area contributed by atoms with Gasteiger partial charge in [0.05, 0.1) is 6.61 Å². The van der Waals surface area contributed by atoms with Crippen molar-refractivity contribution in [1.82, 2.24) is 9.78 Å². The maximum absolute atomic E-state index is 13.2. The number of alkyl halides is 2. The molecule has 1 aromatic heterocycles. The first kappa shape index (κ1) is 16.2. The fourth-order valence-corrected chi connectivity index (χ4v) is 4.49. The number of benzene rings is 1. The number of fused-ring (bicyclic) bond motifs is 5. The van der Waals surface area contributed by atoms with Gasteiger partial charge < -0.3 is 9.84 Å². The number of carbonyl (C=O) groups is 1. The van der Waals surface area contributed by atoms with Crippen LogP contribution in [-0.4, -0.2) is 27.5 Å². The third-order valence-electron chi connectivity index (χ3n) is 5.48. The fraction of sp³-hybridized carbons (Fsp3) is 0.444. The Hall–Kier alpha value is -2.28. The van der Waals surface area contributed by atoms with Crippen LogP contribution in [0.15, 0.2) is 30.5 Å². The Kier molecular flexibility index (Phi) is 3.64. The van der Waals surface area contributed by atoms with Crippen molar-refractivity contribution in [2.75, 3.05) is 6.61 Å². The van der Waals surface area contributed by atoms with Gasteiger partial charge in [0.25, 0.3) is 6.43 Å². The molecule has 2 aliphatic carbocycles. The number of esters is 1. The molecular weight excluding hydrogens is 330 g/mol. The van der Waals surface area contributed by atoms with Crippen molar-refractivity contribution in [2.24, 2.45) is 13.0 Å². The van der Waals surface area contributed by atoms with Gasteiger partial charge in [-0.3, -0.25) is 4.68 Å². The maximum Gasteiger partial charge on any atom is 0.342 e. The Morgan fingerprint density at radius 2 is 2.24 bits per heavy atom. The summed E-state index contributed by atoms with van der Waals surface area (Å²) in [5.74, 6) is -0.947. The summed E-state index contributed by atoms with van der Waals surface area (Å²) in [5.41, 5.74) is 0.186. The molecule has 1 aromatic carbocycles. The Labute approximate surface area is 143 Å². The molecule has 1 fully saturated rings. The van der Waals surface area contributed by atoms with E-state index < -0.39 is 23.7 Å². The van der Waals surface area contributed by atoms with E-state index in [1.807, 2.05) is 24.3 Å². The molecule has 7 heteroatoms. The summed E-state index contributed by atoms with van der Waals surface area (Å²) in [7, 11) is 1.48. The van der Waals surface area contributed by atoms with Gasteiger partial charge in [0, 0.05) is 19.2 Å². The van der Waals surface area contributed by atoms with Crippen molar-refractivity contribution in [3.05, 3.63) is 52.8 Å². The van der Waals surface area contributed by atoms with E-state index in [1.165, 1.54) is 17.9 Å². The number of hydrogen-bond donors (Lipinski definition) is 1. The Morgan fingerprint density at radius 1 is 1.48 bits per heavy atom. The minimum Gasteiger partial charge on any atom is -0.450 e. The summed E-state index contributed by atoms with van der Waals surface area (Å²) in [6.45, 7) is -0.124. The molecule has 1 saturated carbocycles. The average molecular weight is 348 g/mol. The van der Waals surface area contributed by atoms with Crippen LogP contribution in [0.3, 0.4) is 0 Å². The van der Waals surface area contributed by atoms with Gasteiger partial charge in [0.2, 0.25) is 0 Å². The summed E-state index contributed by atoms with van der Waals surface area (Å²) in [5, 5.41) is 13.6. The smallest absolute Gasteiger partial charge is 0.342 e. The highest BCUT2D eigenvalue weighted by atomic mass is 19.3. The number of aliphatic hydroxyl groups is 1. The van der Waals surface area contributed by atoms with Crippen LogP contribution in [-0.2, 0) is 17.4 Å². The van der Waals surface area contributed by atoms with E-state index in [0.29, 0.717) is 6.42 Å². The number of rotatable bonds is 4. The van der Waals surface area contributed by atoms with Crippen LogP contribution in [0.5, 0.6) is 0 Å². The van der Waals surface area contributed by atoms with Gasteiger partial charge in [0.15, 0.2) is 0 Å². The van der Waals surface area contributed by atoms with E-state index in [9.17, 15) is 18.7 Å². The SMILES string of the molecule is Cn1cc(C(=O)OC23CCC(c4ccccc42)C3CO)c(C(F)F)n1. The van der Waals surface area contributed by atoms with Gasteiger partial charge in [0.1, 0.15) is 16.9 Å². The number of aromatic nitrogens is 2. The third kappa shape index (κ3) is 2.22. The lowest BCUT2D eigenvalue weighted by molar-refractivity contribution is -0.0505. The van der Waals surface area contributed by atoms with Gasteiger partial charge in [-0.05, 0) is 29.9 Å². The number of carbonyl (C=O) groups excluding carboxylic acids is 1. The first-order valence-corrected chi connectivity index (χ1v) is 8.23. The quantitative estimate of drug-likeness (QED) is 0.863. The van der Waals surface area contributed by atoms with Crippen LogP contribution >= 0.6 is 0 Å². The predicted molar refractivity (Wildman–Crippen MR) is 84.3 cm³/mol. The van der Waals surface area contributed by atoms with E-state index in [-0.39, 0.29) is 24.0 Å². The molecule has 2 aromatic rings. The van der Waals surface area contributed by atoms with E-state index in [0.717, 1.165) is 17.5 Å². The van der Waals surface area contributed by atoms with Crippen LogP contribution in [0.1, 0.15) is 52.4 Å². The Balaban J connectivity index is 1.73. The monoisotopic (exact) mass is 348 g/mol. The van der Waals surface area contributed by atoms with Crippen molar-refractivity contribution in [1.29, 1.82) is 0 Å². The summed E-state index contributed by atoms with van der Waals surface area (Å²) in [6, 6.07) is 7.64. The second-order valence-corrected chi connectivity index (χ2v) is 6.70. The highest BCUT2D eigenvalue weighted by molar-refractivity contribution is 5.91. The fourth-order valence-electron chi connectivity index (χ4n) is 4.49. The highest BCUT2D eigenvalue weighted by Gasteiger charge is 2.59. The zero-order valence-corrected chi connectivity index (χ0v) is 13.7. The van der Waals surface area contributed by atoms with Gasteiger partial charge in [-0.2, -0.15) is 5.10 Å². The van der Waals surface area contributed by atoms with Crippen LogP contribution in [0, 0.1) is 5.92 Å². The Bertz CT molecular complexity index is 835. The highest BCUT2D eigenvalue weighted by Crippen LogP contribution is 2.61. The second-order valence-electron chi connectivity index (χ2n) is 6.70. The topological polar surface area (TPSA) is 64.3 Å². The van der Waals surface area contributed by atoms with Gasteiger partial charge >= 0.3 is 5.97 Å². The van der Waals surface area contributed by atoms with Crippen LogP contribution in [0.4, 0.5) is 8.78 Å². The number of nitrogens with zero attached hydrogens (tertiary/aromatic N) is 2. The summed E-state index contributed by atoms with van der Waals surface area (Å²) < 4.78 is 33.3. The summed E-state index contributed by atoms with van der Waals surface area (Å²) in [4.78, 5) is 12.7. The molecule has 0 saturated heterocycles. The molecule has 2 aliphatic rings. The molecule has 132 valence electrons. The van der Waals surface area contributed by atoms with Gasteiger partial charge in [-0.25, -0.2) is 13.6 Å². The largest absolute Gasteiger partial charge is 0.450 e. The molecule has 25 heavy (non-hydrogen) atoms. The van der Waals surface area contributed by atoms with E-state index in [4.69, 9.17) is 4.74 Å². The second kappa shape index (κ2) is 5.62. The predicted octanol–water partition coefficient (Wildman–Crippen LogP) is 2.91. The molecule has 3 unspecified atom stereocenters. The molecule has 0 amide bonds. The normalized spacial score (nSPS) is 26.9. The lowest BCUT2D eigenvalue weighted by Gasteiger charge is -2.32. The molecule has 4 rings (SSSR count). The molecule has 1 N–H and O–H groups in total. The first-order chi connectivity index (χ1) is 12.0. The number of aliphatic hydroxyl groups excluding tert-OH is 1. The molecule has 0 radical (unpaired) electrons. The van der Waals surface area contributed by atoms with Crippen molar-refractivity contribution in [2.45, 2.75) is 30.8 Å². The third-order valence-corrected chi connectivity index (χ3v) is 5.48. The molecule has 1 heterocycles. The molecular formula is C18H18F2N2O3. The lowest BCUT2D eigenvalue weighted by Crippen LogP contribution is -2.36. The van der Waals surface area contributed by atoms with E-state index in [1.54, 1.807) is 0 Å². The molecule has 0 spiro atoms. The van der Waals surface area contributed by atoms with E-state index >= 15 is 0 Å².